The molecule has 4 rings (SSSR count). The number of para-hydroxylation sites is 2. The van der Waals surface area contributed by atoms with Crippen molar-refractivity contribution in [1.29, 1.82) is 0 Å². The Bertz CT molecular complexity index is 1170. The number of hydrogen-bond donors (Lipinski definition) is 1. The van der Waals surface area contributed by atoms with Crippen molar-refractivity contribution in [3.8, 4) is 17.1 Å². The van der Waals surface area contributed by atoms with Crippen molar-refractivity contribution in [2.24, 2.45) is 7.05 Å². The Labute approximate surface area is 191 Å². The van der Waals surface area contributed by atoms with E-state index in [1.807, 2.05) is 61.0 Å². The van der Waals surface area contributed by atoms with E-state index in [1.54, 1.807) is 31.9 Å². The third-order valence-electron chi connectivity index (χ3n) is 5.54. The highest BCUT2D eigenvalue weighted by atomic mass is 32.2. The van der Waals surface area contributed by atoms with Gasteiger partial charge in [-0.1, -0.05) is 23.9 Å². The smallest absolute Gasteiger partial charge is 0.250 e. The summed E-state index contributed by atoms with van der Waals surface area (Å²) in [5, 5.41) is 11.6. The molecule has 2 amide bonds. The van der Waals surface area contributed by atoms with Gasteiger partial charge in [-0.3, -0.25) is 14.5 Å². The summed E-state index contributed by atoms with van der Waals surface area (Å²) in [6, 6.07) is 14.9. The fourth-order valence-corrected chi connectivity index (χ4v) is 4.50. The van der Waals surface area contributed by atoms with Crippen LogP contribution in [0.15, 0.2) is 53.7 Å². The van der Waals surface area contributed by atoms with E-state index in [-0.39, 0.29) is 11.8 Å². The number of amides is 2. The van der Waals surface area contributed by atoms with E-state index in [0.717, 1.165) is 11.3 Å². The Hall–Kier alpha value is -3.33. The fourth-order valence-electron chi connectivity index (χ4n) is 3.65. The van der Waals surface area contributed by atoms with Crippen LogP contribution in [0, 0.1) is 0 Å². The topological polar surface area (TPSA) is 89.4 Å². The number of hydrogen-bond acceptors (Lipinski definition) is 6. The number of anilines is 2. The number of aromatic nitrogens is 3. The number of nitrogens with one attached hydrogen (secondary N) is 1. The third-order valence-corrected chi connectivity index (χ3v) is 6.66. The normalized spacial score (nSPS) is 15.7. The Morgan fingerprint density at radius 1 is 1.12 bits per heavy atom. The van der Waals surface area contributed by atoms with Gasteiger partial charge in [-0.15, -0.1) is 10.2 Å². The maximum atomic E-state index is 13.5. The van der Waals surface area contributed by atoms with Crippen LogP contribution >= 0.6 is 11.8 Å². The zero-order chi connectivity index (χ0) is 23.0. The summed E-state index contributed by atoms with van der Waals surface area (Å²) in [5.41, 5.74) is 1.19. The Morgan fingerprint density at radius 3 is 2.50 bits per heavy atom. The van der Waals surface area contributed by atoms with Gasteiger partial charge in [0.05, 0.1) is 23.7 Å². The molecule has 3 aromatic rings. The van der Waals surface area contributed by atoms with Gasteiger partial charge in [-0.2, -0.15) is 0 Å². The number of nitrogens with zero attached hydrogens (tertiary/aromatic N) is 4. The van der Waals surface area contributed by atoms with E-state index in [9.17, 15) is 9.59 Å². The molecule has 8 nitrogen and oxygen atoms in total. The van der Waals surface area contributed by atoms with Crippen LogP contribution in [0.25, 0.3) is 11.4 Å². The fraction of sp³-hybridized carbons (Fsp3) is 0.304. The van der Waals surface area contributed by atoms with Gasteiger partial charge in [0, 0.05) is 12.6 Å². The van der Waals surface area contributed by atoms with E-state index in [2.05, 4.69) is 15.5 Å². The lowest BCUT2D eigenvalue weighted by atomic mass is 9.96. The van der Waals surface area contributed by atoms with Crippen LogP contribution in [0.1, 0.15) is 20.8 Å². The van der Waals surface area contributed by atoms with Gasteiger partial charge in [0.15, 0.2) is 11.0 Å². The highest BCUT2D eigenvalue weighted by Gasteiger charge is 2.45. The summed E-state index contributed by atoms with van der Waals surface area (Å²) in [4.78, 5) is 27.8. The SMILES string of the molecule is COc1ccc(-c2nnc(SC(C)C(=O)N3c4ccccc4NC(=O)C3(C)C)n2C)cc1. The van der Waals surface area contributed by atoms with Gasteiger partial charge in [0.2, 0.25) is 11.8 Å². The molecule has 0 radical (unpaired) electrons. The highest BCUT2D eigenvalue weighted by molar-refractivity contribution is 8.00. The highest BCUT2D eigenvalue weighted by Crippen LogP contribution is 2.38. The lowest BCUT2D eigenvalue weighted by molar-refractivity contribution is -0.126. The predicted octanol–water partition coefficient (Wildman–Crippen LogP) is 3.74. The molecular weight excluding hydrogens is 426 g/mol. The molecule has 0 aliphatic carbocycles. The molecule has 166 valence electrons. The third kappa shape index (κ3) is 3.73. The molecule has 2 heterocycles. The molecule has 0 spiro atoms. The minimum absolute atomic E-state index is 0.170. The molecule has 2 aromatic carbocycles. The zero-order valence-corrected chi connectivity index (χ0v) is 19.4. The van der Waals surface area contributed by atoms with Gasteiger partial charge in [0.25, 0.3) is 0 Å². The first-order valence-corrected chi connectivity index (χ1v) is 11.1. The molecule has 9 heteroatoms. The first-order chi connectivity index (χ1) is 15.2. The van der Waals surface area contributed by atoms with Crippen LogP contribution in [-0.2, 0) is 16.6 Å². The molecule has 1 N–H and O–H groups in total. The molecule has 0 saturated heterocycles. The number of carbonyl (C=O) groups excluding carboxylic acids is 2. The summed E-state index contributed by atoms with van der Waals surface area (Å²) in [7, 11) is 3.49. The molecule has 1 atom stereocenters. The summed E-state index contributed by atoms with van der Waals surface area (Å²) in [6.07, 6.45) is 0. The van der Waals surface area contributed by atoms with Gasteiger partial charge in [-0.25, -0.2) is 0 Å². The maximum Gasteiger partial charge on any atom is 0.250 e. The minimum Gasteiger partial charge on any atom is -0.497 e. The monoisotopic (exact) mass is 451 g/mol. The largest absolute Gasteiger partial charge is 0.497 e. The number of carbonyl (C=O) groups is 2. The predicted molar refractivity (Wildman–Crippen MR) is 125 cm³/mol. The lowest BCUT2D eigenvalue weighted by Crippen LogP contribution is -2.60. The molecule has 1 aromatic heterocycles. The Morgan fingerprint density at radius 2 is 1.81 bits per heavy atom. The minimum atomic E-state index is -1.02. The maximum absolute atomic E-state index is 13.5. The number of benzene rings is 2. The summed E-state index contributed by atoms with van der Waals surface area (Å²) >= 11 is 1.31. The van der Waals surface area contributed by atoms with E-state index >= 15 is 0 Å². The quantitative estimate of drug-likeness (QED) is 0.595. The molecule has 1 aliphatic rings. The summed E-state index contributed by atoms with van der Waals surface area (Å²) < 4.78 is 7.07. The van der Waals surface area contributed by atoms with Crippen molar-refractivity contribution in [2.45, 2.75) is 36.7 Å². The van der Waals surface area contributed by atoms with Gasteiger partial charge in [0.1, 0.15) is 11.3 Å². The number of methoxy groups -OCH3 is 1. The van der Waals surface area contributed by atoms with Crippen molar-refractivity contribution < 1.29 is 14.3 Å². The molecule has 0 bridgehead atoms. The van der Waals surface area contributed by atoms with Gasteiger partial charge < -0.3 is 14.6 Å². The first kappa shape index (κ1) is 21.9. The molecule has 1 aliphatic heterocycles. The summed E-state index contributed by atoms with van der Waals surface area (Å²) in [5.74, 6) is 1.06. The van der Waals surface area contributed by atoms with Crippen LogP contribution in [0.4, 0.5) is 11.4 Å². The van der Waals surface area contributed by atoms with Crippen molar-refractivity contribution in [3.05, 3.63) is 48.5 Å². The lowest BCUT2D eigenvalue weighted by Gasteiger charge is -2.43. The van der Waals surface area contributed by atoms with Crippen LogP contribution < -0.4 is 15.0 Å². The number of ether oxygens (including phenoxy) is 1. The Balaban J connectivity index is 1.59. The van der Waals surface area contributed by atoms with Crippen LogP contribution in [0.2, 0.25) is 0 Å². The number of fused-ring (bicyclic) bond motifs is 1. The molecule has 1 unspecified atom stereocenters. The second kappa shape index (κ2) is 8.31. The van der Waals surface area contributed by atoms with Crippen molar-refractivity contribution in [3.63, 3.8) is 0 Å². The van der Waals surface area contributed by atoms with Crippen LogP contribution in [0.5, 0.6) is 5.75 Å². The van der Waals surface area contributed by atoms with Crippen LogP contribution in [-0.4, -0.2) is 44.5 Å². The van der Waals surface area contributed by atoms with E-state index in [1.165, 1.54) is 11.8 Å². The molecular formula is C23H25N5O3S. The zero-order valence-electron chi connectivity index (χ0n) is 18.6. The van der Waals surface area contributed by atoms with Crippen molar-refractivity contribution >= 4 is 35.0 Å². The second-order valence-corrected chi connectivity index (χ2v) is 9.37. The standard InChI is InChI=1S/C23H25N5O3S/c1-14(20(29)28-18-9-7-6-8-17(18)24-21(30)23(28,2)3)32-22-26-25-19(27(22)4)15-10-12-16(31-5)13-11-15/h6-14H,1-5H3,(H,24,30). The van der Waals surface area contributed by atoms with Gasteiger partial charge in [-0.05, 0) is 57.2 Å². The average Bonchev–Trinajstić information content (AvgIpc) is 3.14. The molecule has 0 saturated carbocycles. The first-order valence-electron chi connectivity index (χ1n) is 10.2. The van der Waals surface area contributed by atoms with Crippen molar-refractivity contribution in [1.82, 2.24) is 14.8 Å². The average molecular weight is 452 g/mol. The Kier molecular flexibility index (Phi) is 5.68. The van der Waals surface area contributed by atoms with Crippen molar-refractivity contribution in [2.75, 3.05) is 17.3 Å². The summed E-state index contributed by atoms with van der Waals surface area (Å²) in [6.45, 7) is 5.31. The molecule has 32 heavy (non-hydrogen) atoms. The number of rotatable bonds is 5. The van der Waals surface area contributed by atoms with Gasteiger partial charge >= 0.3 is 0 Å². The van der Waals surface area contributed by atoms with E-state index in [0.29, 0.717) is 22.4 Å². The van der Waals surface area contributed by atoms with E-state index < -0.39 is 10.8 Å². The van der Waals surface area contributed by atoms with E-state index in [4.69, 9.17) is 4.74 Å². The second-order valence-electron chi connectivity index (χ2n) is 8.06. The number of thioether (sulfide) groups is 1. The van der Waals surface area contributed by atoms with Crippen LogP contribution in [0.3, 0.4) is 0 Å². The molecule has 0 fully saturated rings.